The summed E-state index contributed by atoms with van der Waals surface area (Å²) in [5.41, 5.74) is 5.60. The molecule has 0 fully saturated rings. The Bertz CT molecular complexity index is 519. The molecule has 0 aliphatic heterocycles. The standard InChI is InChI=1S/C9H12BrFN2O3S/c1-5(14)4-13-17(15,16)9-3-8(12)6(10)2-7(9)11/h2-3,5,13-14H,4,12H2,1H3/t5-/m1/s1. The van der Waals surface area contributed by atoms with Crippen molar-refractivity contribution >= 4 is 31.6 Å². The fraction of sp³-hybridized carbons (Fsp3) is 0.333. The Morgan fingerprint density at radius 3 is 2.71 bits per heavy atom. The van der Waals surface area contributed by atoms with E-state index in [1.54, 1.807) is 0 Å². The van der Waals surface area contributed by atoms with Gasteiger partial charge in [0.05, 0.1) is 6.10 Å². The molecule has 0 unspecified atom stereocenters. The van der Waals surface area contributed by atoms with Gasteiger partial charge in [0.25, 0.3) is 0 Å². The molecule has 8 heteroatoms. The third kappa shape index (κ3) is 3.63. The summed E-state index contributed by atoms with van der Waals surface area (Å²) in [5.74, 6) is -0.913. The molecule has 0 saturated carbocycles. The third-order valence-electron chi connectivity index (χ3n) is 1.91. The Morgan fingerprint density at radius 2 is 2.18 bits per heavy atom. The van der Waals surface area contributed by atoms with E-state index in [0.29, 0.717) is 0 Å². The first-order valence-corrected chi connectivity index (χ1v) is 6.94. The van der Waals surface area contributed by atoms with Crippen LogP contribution in [0.3, 0.4) is 0 Å². The molecule has 0 saturated heterocycles. The van der Waals surface area contributed by atoms with Gasteiger partial charge in [0.15, 0.2) is 0 Å². The number of aliphatic hydroxyl groups excluding tert-OH is 1. The first-order chi connectivity index (χ1) is 7.74. The SMILES string of the molecule is C[C@@H](O)CNS(=O)(=O)c1cc(N)c(Br)cc1F. The van der Waals surface area contributed by atoms with Crippen molar-refractivity contribution in [3.8, 4) is 0 Å². The van der Waals surface area contributed by atoms with Crippen LogP contribution in [0.5, 0.6) is 0 Å². The van der Waals surface area contributed by atoms with E-state index in [-0.39, 0.29) is 16.7 Å². The van der Waals surface area contributed by atoms with Gasteiger partial charge in [-0.3, -0.25) is 0 Å². The summed E-state index contributed by atoms with van der Waals surface area (Å²) in [4.78, 5) is -0.543. The average Bonchev–Trinajstić information content (AvgIpc) is 2.20. The monoisotopic (exact) mass is 326 g/mol. The molecule has 96 valence electrons. The lowest BCUT2D eigenvalue weighted by Crippen LogP contribution is -2.31. The predicted molar refractivity (Wildman–Crippen MR) is 65.4 cm³/mol. The van der Waals surface area contributed by atoms with Crippen molar-refractivity contribution in [3.63, 3.8) is 0 Å². The number of aliphatic hydroxyl groups is 1. The highest BCUT2D eigenvalue weighted by molar-refractivity contribution is 9.10. The molecule has 1 aromatic carbocycles. The largest absolute Gasteiger partial charge is 0.398 e. The van der Waals surface area contributed by atoms with Crippen LogP contribution in [0.4, 0.5) is 10.1 Å². The lowest BCUT2D eigenvalue weighted by atomic mass is 10.3. The van der Waals surface area contributed by atoms with Gasteiger partial charge < -0.3 is 10.8 Å². The van der Waals surface area contributed by atoms with E-state index in [4.69, 9.17) is 10.8 Å². The molecule has 0 bridgehead atoms. The molecule has 17 heavy (non-hydrogen) atoms. The maximum Gasteiger partial charge on any atom is 0.243 e. The molecule has 4 N–H and O–H groups in total. The summed E-state index contributed by atoms with van der Waals surface area (Å²) >= 11 is 2.99. The molecule has 0 radical (unpaired) electrons. The molecule has 0 aliphatic rings. The van der Waals surface area contributed by atoms with E-state index in [1.165, 1.54) is 6.92 Å². The smallest absolute Gasteiger partial charge is 0.243 e. The van der Waals surface area contributed by atoms with E-state index >= 15 is 0 Å². The van der Waals surface area contributed by atoms with Crippen molar-refractivity contribution in [2.45, 2.75) is 17.9 Å². The highest BCUT2D eigenvalue weighted by atomic mass is 79.9. The molecule has 0 amide bonds. The van der Waals surface area contributed by atoms with Crippen molar-refractivity contribution in [1.29, 1.82) is 0 Å². The number of nitrogen functional groups attached to an aromatic ring is 1. The van der Waals surface area contributed by atoms with Crippen LogP contribution in [0, 0.1) is 5.82 Å². The molecule has 0 aliphatic carbocycles. The maximum absolute atomic E-state index is 13.5. The number of halogens is 2. The average molecular weight is 327 g/mol. The van der Waals surface area contributed by atoms with Gasteiger partial charge in [-0.05, 0) is 35.0 Å². The number of anilines is 1. The van der Waals surface area contributed by atoms with Crippen molar-refractivity contribution in [1.82, 2.24) is 4.72 Å². The van der Waals surface area contributed by atoms with Gasteiger partial charge >= 0.3 is 0 Å². The lowest BCUT2D eigenvalue weighted by molar-refractivity contribution is 0.198. The molecule has 0 aromatic heterocycles. The number of hydrogen-bond acceptors (Lipinski definition) is 4. The molecule has 1 rings (SSSR count). The Labute approximate surface area is 107 Å². The zero-order valence-electron chi connectivity index (χ0n) is 8.94. The van der Waals surface area contributed by atoms with E-state index in [1.807, 2.05) is 0 Å². The summed E-state index contributed by atoms with van der Waals surface area (Å²) in [6.45, 7) is 1.21. The van der Waals surface area contributed by atoms with Crippen molar-refractivity contribution in [2.75, 3.05) is 12.3 Å². The minimum absolute atomic E-state index is 0.115. The minimum atomic E-state index is -4.01. The molecule has 5 nitrogen and oxygen atoms in total. The zero-order chi connectivity index (χ0) is 13.2. The van der Waals surface area contributed by atoms with Crippen molar-refractivity contribution in [3.05, 3.63) is 22.4 Å². The van der Waals surface area contributed by atoms with Gasteiger partial charge in [-0.1, -0.05) is 0 Å². The highest BCUT2D eigenvalue weighted by Gasteiger charge is 2.20. The second-order valence-electron chi connectivity index (χ2n) is 3.51. The maximum atomic E-state index is 13.5. The van der Waals surface area contributed by atoms with Crippen LogP contribution >= 0.6 is 15.9 Å². The number of rotatable bonds is 4. The summed E-state index contributed by atoms with van der Waals surface area (Å²) in [6.07, 6.45) is -0.861. The first kappa shape index (κ1) is 14.4. The van der Waals surface area contributed by atoms with E-state index in [9.17, 15) is 12.8 Å². The minimum Gasteiger partial charge on any atom is -0.398 e. The third-order valence-corrected chi connectivity index (χ3v) is 4.03. The lowest BCUT2D eigenvalue weighted by Gasteiger charge is -2.10. The van der Waals surface area contributed by atoms with Crippen LogP contribution in [-0.2, 0) is 10.0 Å². The summed E-state index contributed by atoms with van der Waals surface area (Å²) in [7, 11) is -4.01. The van der Waals surface area contributed by atoms with Crippen LogP contribution in [0.2, 0.25) is 0 Å². The predicted octanol–water partition coefficient (Wildman–Crippen LogP) is 0.830. The van der Waals surface area contributed by atoms with E-state index in [2.05, 4.69) is 20.7 Å². The van der Waals surface area contributed by atoms with Crippen LogP contribution in [0.25, 0.3) is 0 Å². The number of benzene rings is 1. The van der Waals surface area contributed by atoms with Gasteiger partial charge in [0, 0.05) is 16.7 Å². The number of nitrogens with two attached hydrogens (primary N) is 1. The van der Waals surface area contributed by atoms with Crippen LogP contribution in [-0.4, -0.2) is 26.2 Å². The molecule has 0 spiro atoms. The Balaban J connectivity index is 3.11. The van der Waals surface area contributed by atoms with Gasteiger partial charge in [-0.25, -0.2) is 17.5 Å². The fourth-order valence-electron chi connectivity index (χ4n) is 1.06. The Morgan fingerprint density at radius 1 is 1.59 bits per heavy atom. The second kappa shape index (κ2) is 5.30. The van der Waals surface area contributed by atoms with Crippen LogP contribution in [0.1, 0.15) is 6.92 Å². The number of hydrogen-bond donors (Lipinski definition) is 3. The zero-order valence-corrected chi connectivity index (χ0v) is 11.3. The Hall–Kier alpha value is -0.700. The fourth-order valence-corrected chi connectivity index (χ4v) is 2.59. The topological polar surface area (TPSA) is 92.4 Å². The first-order valence-electron chi connectivity index (χ1n) is 4.66. The molecule has 0 heterocycles. The molecular weight excluding hydrogens is 315 g/mol. The summed E-state index contributed by atoms with van der Waals surface area (Å²) < 4.78 is 39.2. The van der Waals surface area contributed by atoms with Crippen LogP contribution in [0.15, 0.2) is 21.5 Å². The van der Waals surface area contributed by atoms with E-state index in [0.717, 1.165) is 12.1 Å². The molecule has 1 aromatic rings. The van der Waals surface area contributed by atoms with Crippen LogP contribution < -0.4 is 10.5 Å². The number of nitrogens with one attached hydrogen (secondary N) is 1. The van der Waals surface area contributed by atoms with Crippen molar-refractivity contribution in [2.24, 2.45) is 0 Å². The Kier molecular flexibility index (Phi) is 4.48. The number of sulfonamides is 1. The quantitative estimate of drug-likeness (QED) is 0.714. The molecular formula is C9H12BrFN2O3S. The van der Waals surface area contributed by atoms with Crippen molar-refractivity contribution < 1.29 is 17.9 Å². The highest BCUT2D eigenvalue weighted by Crippen LogP contribution is 2.25. The van der Waals surface area contributed by atoms with Gasteiger partial charge in [-0.15, -0.1) is 0 Å². The molecule has 1 atom stereocenters. The van der Waals surface area contributed by atoms with Gasteiger partial charge in [-0.2, -0.15) is 0 Å². The summed E-state index contributed by atoms with van der Waals surface area (Å²) in [6, 6.07) is 2.00. The second-order valence-corrected chi connectivity index (χ2v) is 6.09. The summed E-state index contributed by atoms with van der Waals surface area (Å²) in [5, 5.41) is 8.98. The van der Waals surface area contributed by atoms with E-state index < -0.39 is 26.8 Å². The normalized spacial score (nSPS) is 13.6. The van der Waals surface area contributed by atoms with Gasteiger partial charge in [0.1, 0.15) is 10.7 Å². The van der Waals surface area contributed by atoms with Gasteiger partial charge in [0.2, 0.25) is 10.0 Å².